The van der Waals surface area contributed by atoms with Crippen LogP contribution in [0.1, 0.15) is 45.2 Å². The second-order valence-electron chi connectivity index (χ2n) is 3.06. The fourth-order valence-electron chi connectivity index (χ4n) is 1.37. The van der Waals surface area contributed by atoms with Crippen molar-refractivity contribution in [3.05, 3.63) is 33.8 Å². The van der Waals surface area contributed by atoms with Crippen LogP contribution < -0.4 is 0 Å². The summed E-state index contributed by atoms with van der Waals surface area (Å²) in [6, 6.07) is 1.74. The summed E-state index contributed by atoms with van der Waals surface area (Å²) in [5.41, 5.74) is 0.674. The highest BCUT2D eigenvalue weighted by Crippen LogP contribution is 2.23. The van der Waals surface area contributed by atoms with Gasteiger partial charge in [0.05, 0.1) is 23.3 Å². The lowest BCUT2D eigenvalue weighted by atomic mass is 10.4. The van der Waals surface area contributed by atoms with E-state index < -0.39 is 5.97 Å². The number of ether oxygens (including phenoxy) is 1. The van der Waals surface area contributed by atoms with Crippen LogP contribution in [0.15, 0.2) is 22.9 Å². The van der Waals surface area contributed by atoms with Gasteiger partial charge in [-0.3, -0.25) is 4.40 Å². The average molecular weight is 364 g/mol. The molecule has 2 aromatic rings. The van der Waals surface area contributed by atoms with Crippen LogP contribution in [0.2, 0.25) is 5.02 Å². The minimum Gasteiger partial charge on any atom is -0.460 e. The summed E-state index contributed by atoms with van der Waals surface area (Å²) in [6.07, 6.45) is 3.27. The lowest BCUT2D eigenvalue weighted by molar-refractivity contribution is 0.0511. The molecule has 0 fully saturated rings. The van der Waals surface area contributed by atoms with Crippen LogP contribution in [0.25, 0.3) is 5.52 Å². The molecule has 0 spiro atoms. The Labute approximate surface area is 133 Å². The van der Waals surface area contributed by atoms with Gasteiger partial charge in [-0.1, -0.05) is 39.3 Å². The van der Waals surface area contributed by atoms with Gasteiger partial charge >= 0.3 is 5.97 Å². The van der Waals surface area contributed by atoms with Crippen molar-refractivity contribution >= 4 is 39.0 Å². The molecule has 4 nitrogen and oxygen atoms in total. The van der Waals surface area contributed by atoms with Crippen LogP contribution in [0.5, 0.6) is 0 Å². The smallest absolute Gasteiger partial charge is 0.374 e. The molecule has 0 aliphatic heterocycles. The Morgan fingerprint density at radius 2 is 2.00 bits per heavy atom. The Bertz CT molecular complexity index is 555. The van der Waals surface area contributed by atoms with Gasteiger partial charge in [-0.25, -0.2) is 9.78 Å². The number of esters is 1. The van der Waals surface area contributed by atoms with Gasteiger partial charge in [0.2, 0.25) is 5.82 Å². The van der Waals surface area contributed by atoms with E-state index in [1.165, 1.54) is 0 Å². The minimum atomic E-state index is -0.461. The highest BCUT2D eigenvalue weighted by molar-refractivity contribution is 9.10. The van der Waals surface area contributed by atoms with Crippen LogP contribution in [0.3, 0.4) is 0 Å². The Morgan fingerprint density at radius 1 is 1.40 bits per heavy atom. The van der Waals surface area contributed by atoms with E-state index in [9.17, 15) is 4.79 Å². The molecule has 0 bridgehead atoms. The predicted octanol–water partition coefficient (Wildman–Crippen LogP) is 4.98. The lowest BCUT2D eigenvalue weighted by Crippen LogP contribution is -2.09. The second kappa shape index (κ2) is 9.77. The molecule has 2 rings (SSSR count). The van der Waals surface area contributed by atoms with E-state index in [-0.39, 0.29) is 5.82 Å². The average Bonchev–Trinajstić information content (AvgIpc) is 2.87. The normalized spacial score (nSPS) is 9.15. The summed E-state index contributed by atoms with van der Waals surface area (Å²) in [5, 5.41) is 0.525. The lowest BCUT2D eigenvalue weighted by Gasteiger charge is -2.02. The minimum absolute atomic E-state index is 0.222. The molecule has 20 heavy (non-hydrogen) atoms. The van der Waals surface area contributed by atoms with E-state index >= 15 is 0 Å². The molecule has 2 aromatic heterocycles. The predicted molar refractivity (Wildman–Crippen MR) is 86.6 cm³/mol. The van der Waals surface area contributed by atoms with Crippen LogP contribution in [-0.4, -0.2) is 22.0 Å². The van der Waals surface area contributed by atoms with Gasteiger partial charge in [0.15, 0.2) is 0 Å². The van der Waals surface area contributed by atoms with E-state index in [1.54, 1.807) is 29.8 Å². The standard InChI is InChI=1S/C10H8BrClN2O2.2C2H6/c1-2-16-10(15)9-13-4-8-7(12)3-6(11)5-14(8)9;2*1-2/h3-5H,2H2,1H3;2*1-2H3. The molecule has 2 heterocycles. The van der Waals surface area contributed by atoms with Crippen LogP contribution in [0, 0.1) is 0 Å². The molecule has 0 saturated carbocycles. The zero-order valence-electron chi connectivity index (χ0n) is 12.4. The van der Waals surface area contributed by atoms with E-state index in [2.05, 4.69) is 20.9 Å². The molecular formula is C14H20BrClN2O2. The summed E-state index contributed by atoms with van der Waals surface area (Å²) in [7, 11) is 0. The Hall–Kier alpha value is -1.07. The molecule has 112 valence electrons. The fourth-order valence-corrected chi connectivity index (χ4v) is 2.19. The topological polar surface area (TPSA) is 43.6 Å². The number of carbonyl (C=O) groups excluding carboxylic acids is 1. The zero-order valence-corrected chi connectivity index (χ0v) is 14.7. The summed E-state index contributed by atoms with van der Waals surface area (Å²) in [6.45, 7) is 10.1. The Balaban J connectivity index is 0.000000829. The van der Waals surface area contributed by atoms with Crippen molar-refractivity contribution in [3.8, 4) is 0 Å². The molecule has 0 aliphatic carbocycles. The summed E-state index contributed by atoms with van der Waals surface area (Å²) < 4.78 is 7.27. The summed E-state index contributed by atoms with van der Waals surface area (Å²) >= 11 is 9.32. The number of carbonyl (C=O) groups is 1. The first-order chi connectivity index (χ1) is 9.63. The molecule has 6 heteroatoms. The van der Waals surface area contributed by atoms with E-state index in [0.717, 1.165) is 4.47 Å². The molecule has 0 unspecified atom stereocenters. The van der Waals surface area contributed by atoms with Crippen molar-refractivity contribution in [1.29, 1.82) is 0 Å². The maximum Gasteiger partial charge on any atom is 0.374 e. The number of nitrogens with zero attached hydrogens (tertiary/aromatic N) is 2. The van der Waals surface area contributed by atoms with Crippen molar-refractivity contribution in [1.82, 2.24) is 9.38 Å². The van der Waals surface area contributed by atoms with Gasteiger partial charge in [0.25, 0.3) is 0 Å². The van der Waals surface area contributed by atoms with Gasteiger partial charge in [0, 0.05) is 10.7 Å². The molecule has 0 aliphatic rings. The third kappa shape index (κ3) is 4.49. The van der Waals surface area contributed by atoms with Gasteiger partial charge in [-0.15, -0.1) is 0 Å². The van der Waals surface area contributed by atoms with Gasteiger partial charge in [0.1, 0.15) is 0 Å². The third-order valence-corrected chi connectivity index (χ3v) is 2.75. The van der Waals surface area contributed by atoms with Crippen molar-refractivity contribution < 1.29 is 9.53 Å². The Morgan fingerprint density at radius 3 is 2.55 bits per heavy atom. The number of aromatic nitrogens is 2. The van der Waals surface area contributed by atoms with E-state index in [4.69, 9.17) is 16.3 Å². The Kier molecular flexibility index (Phi) is 9.25. The quantitative estimate of drug-likeness (QED) is 0.707. The van der Waals surface area contributed by atoms with E-state index in [0.29, 0.717) is 17.1 Å². The third-order valence-electron chi connectivity index (χ3n) is 2.02. The van der Waals surface area contributed by atoms with Crippen molar-refractivity contribution in [2.45, 2.75) is 34.6 Å². The number of imidazole rings is 1. The van der Waals surface area contributed by atoms with Gasteiger partial charge in [-0.2, -0.15) is 0 Å². The molecule has 0 aromatic carbocycles. The number of hydrogen-bond acceptors (Lipinski definition) is 3. The van der Waals surface area contributed by atoms with Crippen molar-refractivity contribution in [2.24, 2.45) is 0 Å². The SMILES string of the molecule is CC.CC.CCOC(=O)c1ncc2c(Cl)cc(Br)cn12. The molecule has 0 saturated heterocycles. The maximum absolute atomic E-state index is 11.6. The number of halogens is 2. The fraction of sp³-hybridized carbons (Fsp3) is 0.429. The highest BCUT2D eigenvalue weighted by Gasteiger charge is 2.15. The molecule has 0 amide bonds. The molecule has 0 N–H and O–H groups in total. The highest BCUT2D eigenvalue weighted by atomic mass is 79.9. The van der Waals surface area contributed by atoms with Crippen LogP contribution >= 0.6 is 27.5 Å². The first-order valence-corrected chi connectivity index (χ1v) is 7.79. The number of hydrogen-bond donors (Lipinski definition) is 0. The molecule has 0 atom stereocenters. The number of fused-ring (bicyclic) bond motifs is 1. The first kappa shape index (κ1) is 18.9. The van der Waals surface area contributed by atoms with Crippen molar-refractivity contribution in [2.75, 3.05) is 6.61 Å². The van der Waals surface area contributed by atoms with Gasteiger partial charge < -0.3 is 4.74 Å². The van der Waals surface area contributed by atoms with Gasteiger partial charge in [-0.05, 0) is 28.9 Å². The second-order valence-corrected chi connectivity index (χ2v) is 4.39. The number of pyridine rings is 1. The monoisotopic (exact) mass is 362 g/mol. The molecular weight excluding hydrogens is 344 g/mol. The van der Waals surface area contributed by atoms with E-state index in [1.807, 2.05) is 27.7 Å². The van der Waals surface area contributed by atoms with Crippen LogP contribution in [-0.2, 0) is 4.74 Å². The largest absolute Gasteiger partial charge is 0.460 e. The first-order valence-electron chi connectivity index (χ1n) is 6.62. The molecule has 0 radical (unpaired) electrons. The van der Waals surface area contributed by atoms with Crippen molar-refractivity contribution in [3.63, 3.8) is 0 Å². The summed E-state index contributed by atoms with van der Waals surface area (Å²) in [4.78, 5) is 15.6. The zero-order chi connectivity index (χ0) is 15.7. The maximum atomic E-state index is 11.6. The van der Waals surface area contributed by atoms with Crippen LogP contribution in [0.4, 0.5) is 0 Å². The summed E-state index contributed by atoms with van der Waals surface area (Å²) in [5.74, 6) is -0.239. The number of rotatable bonds is 2.